The normalized spacial score (nSPS) is 12.7. The first-order valence-corrected chi connectivity index (χ1v) is 9.37. The van der Waals surface area contributed by atoms with Crippen molar-refractivity contribution in [3.8, 4) is 11.5 Å². The Balaban J connectivity index is 2.40. The molecule has 7 nitrogen and oxygen atoms in total. The van der Waals surface area contributed by atoms with Gasteiger partial charge in [0.05, 0.1) is 6.20 Å². The minimum Gasteiger partial charge on any atom is -0.484 e. The van der Waals surface area contributed by atoms with Crippen LogP contribution in [0.2, 0.25) is 0 Å². The maximum atomic E-state index is 12.7. The second kappa shape index (κ2) is 8.39. The van der Waals surface area contributed by atoms with E-state index in [1.54, 1.807) is 6.92 Å². The summed E-state index contributed by atoms with van der Waals surface area (Å²) >= 11 is 0. The van der Waals surface area contributed by atoms with Crippen LogP contribution in [0.5, 0.6) is 11.5 Å². The van der Waals surface area contributed by atoms with E-state index in [2.05, 4.69) is 19.3 Å². The van der Waals surface area contributed by atoms with Gasteiger partial charge in [0.2, 0.25) is 0 Å². The van der Waals surface area contributed by atoms with Crippen molar-refractivity contribution in [2.45, 2.75) is 30.7 Å². The molecule has 14 heteroatoms. The highest BCUT2D eigenvalue weighted by Gasteiger charge is 2.31. The van der Waals surface area contributed by atoms with Gasteiger partial charge < -0.3 is 9.47 Å². The van der Waals surface area contributed by atoms with Gasteiger partial charge >= 0.3 is 12.4 Å². The number of alkyl halides is 6. The van der Waals surface area contributed by atoms with Gasteiger partial charge in [-0.15, -0.1) is 0 Å². The van der Waals surface area contributed by atoms with Crippen molar-refractivity contribution in [3.63, 3.8) is 0 Å². The quantitative estimate of drug-likeness (QED) is 0.626. The van der Waals surface area contributed by atoms with E-state index in [1.165, 1.54) is 16.9 Å². The van der Waals surface area contributed by atoms with Gasteiger partial charge in [0, 0.05) is 18.7 Å². The molecule has 0 spiro atoms. The summed E-state index contributed by atoms with van der Waals surface area (Å²) in [5, 5.41) is 3.84. The van der Waals surface area contributed by atoms with Crippen LogP contribution in [0.4, 0.5) is 32.2 Å². The fourth-order valence-electron chi connectivity index (χ4n) is 2.10. The number of halogens is 6. The molecule has 1 aromatic heterocycles. The molecule has 0 saturated carbocycles. The molecule has 29 heavy (non-hydrogen) atoms. The molecule has 0 unspecified atom stereocenters. The zero-order valence-corrected chi connectivity index (χ0v) is 15.5. The number of anilines is 1. The molecule has 0 saturated heterocycles. The van der Waals surface area contributed by atoms with E-state index in [9.17, 15) is 34.8 Å². The summed E-state index contributed by atoms with van der Waals surface area (Å²) in [4.78, 5) is -0.828. The number of benzene rings is 1. The highest BCUT2D eigenvalue weighted by atomic mass is 32.2. The lowest BCUT2D eigenvalue weighted by Crippen LogP contribution is -2.22. The molecular weight excluding hydrogens is 432 g/mol. The minimum absolute atomic E-state index is 0.00381. The molecule has 1 aromatic carbocycles. The third kappa shape index (κ3) is 6.73. The molecular formula is C15H15F6N3O4S. The highest BCUT2D eigenvalue weighted by molar-refractivity contribution is 7.92. The number of hydrogen-bond acceptors (Lipinski definition) is 5. The zero-order valence-electron chi connectivity index (χ0n) is 14.7. The number of hydrogen-bond donors (Lipinski definition) is 1. The number of aryl methyl sites for hydroxylation is 1. The summed E-state index contributed by atoms with van der Waals surface area (Å²) in [6, 6.07) is 3.59. The van der Waals surface area contributed by atoms with Crippen LogP contribution < -0.4 is 14.2 Å². The lowest BCUT2D eigenvalue weighted by molar-refractivity contribution is -0.154. The Morgan fingerprint density at radius 2 is 1.66 bits per heavy atom. The lowest BCUT2D eigenvalue weighted by Gasteiger charge is -2.16. The van der Waals surface area contributed by atoms with E-state index in [0.717, 1.165) is 12.1 Å². The van der Waals surface area contributed by atoms with Gasteiger partial charge in [0.15, 0.2) is 13.2 Å². The van der Waals surface area contributed by atoms with Crippen LogP contribution in [-0.4, -0.2) is 43.8 Å². The average Bonchev–Trinajstić information content (AvgIpc) is 3.03. The molecule has 0 radical (unpaired) electrons. The Morgan fingerprint density at radius 3 is 2.24 bits per heavy atom. The van der Waals surface area contributed by atoms with Crippen molar-refractivity contribution in [2.75, 3.05) is 17.9 Å². The highest BCUT2D eigenvalue weighted by Crippen LogP contribution is 2.32. The molecule has 0 aliphatic carbocycles. The third-order valence-corrected chi connectivity index (χ3v) is 4.63. The maximum Gasteiger partial charge on any atom is 0.422 e. The van der Waals surface area contributed by atoms with Crippen molar-refractivity contribution in [2.24, 2.45) is 0 Å². The topological polar surface area (TPSA) is 82.5 Å². The summed E-state index contributed by atoms with van der Waals surface area (Å²) < 4.78 is 112. The number of aromatic nitrogens is 2. The minimum atomic E-state index is -4.76. The maximum absolute atomic E-state index is 12.7. The number of sulfonamides is 1. The Labute approximate surface area is 161 Å². The van der Waals surface area contributed by atoms with Crippen LogP contribution in [0.3, 0.4) is 0 Å². The zero-order chi connectivity index (χ0) is 21.9. The third-order valence-electron chi connectivity index (χ3n) is 3.25. The molecule has 2 aromatic rings. The average molecular weight is 447 g/mol. The summed E-state index contributed by atoms with van der Waals surface area (Å²) in [5.74, 6) is -1.24. The fourth-order valence-corrected chi connectivity index (χ4v) is 3.32. The van der Waals surface area contributed by atoms with Crippen LogP contribution in [0.25, 0.3) is 0 Å². The molecule has 0 bridgehead atoms. The first kappa shape index (κ1) is 22.6. The summed E-state index contributed by atoms with van der Waals surface area (Å²) in [6.45, 7) is -1.58. The predicted octanol–water partition coefficient (Wildman–Crippen LogP) is 3.59. The number of nitrogens with one attached hydrogen (secondary N) is 1. The Bertz CT molecular complexity index is 940. The second-order valence-corrected chi connectivity index (χ2v) is 7.20. The number of ether oxygens (including phenoxy) is 2. The molecule has 1 N–H and O–H groups in total. The summed E-state index contributed by atoms with van der Waals surface area (Å²) in [5.41, 5.74) is 0. The molecule has 0 amide bonds. The number of nitrogens with zero attached hydrogens (tertiary/aromatic N) is 2. The van der Waals surface area contributed by atoms with Gasteiger partial charge in [0.1, 0.15) is 22.2 Å². The van der Waals surface area contributed by atoms with E-state index < -0.39 is 52.0 Å². The Kier molecular flexibility index (Phi) is 6.55. The van der Waals surface area contributed by atoms with E-state index in [4.69, 9.17) is 0 Å². The van der Waals surface area contributed by atoms with Crippen LogP contribution in [0.1, 0.15) is 6.92 Å². The molecule has 2 rings (SSSR count). The molecule has 0 atom stereocenters. The van der Waals surface area contributed by atoms with Crippen molar-refractivity contribution in [1.29, 1.82) is 0 Å². The van der Waals surface area contributed by atoms with E-state index in [0.29, 0.717) is 6.07 Å². The lowest BCUT2D eigenvalue weighted by atomic mass is 10.3. The molecule has 0 fully saturated rings. The monoisotopic (exact) mass is 447 g/mol. The van der Waals surface area contributed by atoms with Crippen molar-refractivity contribution >= 4 is 15.8 Å². The largest absolute Gasteiger partial charge is 0.484 e. The van der Waals surface area contributed by atoms with E-state index in [-0.39, 0.29) is 12.4 Å². The fraction of sp³-hybridized carbons (Fsp3) is 0.400. The van der Waals surface area contributed by atoms with Crippen molar-refractivity contribution in [3.05, 3.63) is 30.5 Å². The molecule has 0 aliphatic heterocycles. The van der Waals surface area contributed by atoms with Gasteiger partial charge in [-0.25, -0.2) is 13.1 Å². The van der Waals surface area contributed by atoms with Gasteiger partial charge in [-0.3, -0.25) is 4.72 Å². The standard InChI is InChI=1S/C15H15F6N3O4S/c1-2-24-13(5-6-22-24)23-29(25,26)12-7-10(27-8-14(16,17)18)3-4-11(12)28-9-15(19,20)21/h3-7,23H,2,8-9H2,1H3. The van der Waals surface area contributed by atoms with Crippen molar-refractivity contribution < 1.29 is 44.2 Å². The van der Waals surface area contributed by atoms with Gasteiger partial charge in [-0.2, -0.15) is 31.4 Å². The molecule has 0 aliphatic rings. The van der Waals surface area contributed by atoms with Gasteiger partial charge in [-0.1, -0.05) is 0 Å². The van der Waals surface area contributed by atoms with Crippen molar-refractivity contribution in [1.82, 2.24) is 9.78 Å². The van der Waals surface area contributed by atoms with Gasteiger partial charge in [0.25, 0.3) is 10.0 Å². The van der Waals surface area contributed by atoms with Crippen LogP contribution in [0.15, 0.2) is 35.4 Å². The predicted molar refractivity (Wildman–Crippen MR) is 88.3 cm³/mol. The van der Waals surface area contributed by atoms with Crippen LogP contribution >= 0.6 is 0 Å². The first-order valence-electron chi connectivity index (χ1n) is 7.88. The molecule has 1 heterocycles. The SMILES string of the molecule is CCn1nccc1NS(=O)(=O)c1cc(OCC(F)(F)F)ccc1OCC(F)(F)F. The Hall–Kier alpha value is -2.64. The summed E-state index contributed by atoms with van der Waals surface area (Å²) in [6.07, 6.45) is -8.18. The van der Waals surface area contributed by atoms with Crippen LogP contribution in [0, 0.1) is 0 Å². The summed E-state index contributed by atoms with van der Waals surface area (Å²) in [7, 11) is -4.55. The van der Waals surface area contributed by atoms with E-state index >= 15 is 0 Å². The Morgan fingerprint density at radius 1 is 1.03 bits per heavy atom. The second-order valence-electron chi connectivity index (χ2n) is 5.55. The molecule has 162 valence electrons. The van der Waals surface area contributed by atoms with E-state index in [1.807, 2.05) is 0 Å². The smallest absolute Gasteiger partial charge is 0.422 e. The van der Waals surface area contributed by atoms with Crippen LogP contribution in [-0.2, 0) is 16.6 Å². The first-order chi connectivity index (χ1) is 13.3. The number of rotatable bonds is 8. The van der Waals surface area contributed by atoms with Gasteiger partial charge in [-0.05, 0) is 19.1 Å².